The molecule has 9 nitrogen and oxygen atoms in total. The summed E-state index contributed by atoms with van der Waals surface area (Å²) in [5.74, 6) is 1.18. The van der Waals surface area contributed by atoms with Crippen LogP contribution in [0.1, 0.15) is 48.0 Å². The number of amides is 1. The Morgan fingerprint density at radius 1 is 1.10 bits per heavy atom. The van der Waals surface area contributed by atoms with Crippen molar-refractivity contribution in [3.63, 3.8) is 0 Å². The van der Waals surface area contributed by atoms with E-state index in [4.69, 9.17) is 14.8 Å². The smallest absolute Gasteiger partial charge is 0.276 e. The molecular weight excluding hydrogens is 509 g/mol. The van der Waals surface area contributed by atoms with E-state index in [9.17, 15) is 4.79 Å². The largest absolute Gasteiger partial charge is 0.497 e. The number of nitrogens with zero attached hydrogens (tertiary/aromatic N) is 5. The van der Waals surface area contributed by atoms with Gasteiger partial charge in [-0.15, -0.1) is 9.24 Å². The summed E-state index contributed by atoms with van der Waals surface area (Å²) in [6.45, 7) is 7.74. The number of hydrogen-bond acceptors (Lipinski definition) is 6. The Hall–Kier alpha value is -4.23. The number of rotatable bonds is 5. The molecule has 0 spiro atoms. The van der Waals surface area contributed by atoms with Gasteiger partial charge in [-0.1, -0.05) is 39.0 Å². The van der Waals surface area contributed by atoms with Crippen molar-refractivity contribution in [1.29, 1.82) is 0 Å². The first kappa shape index (κ1) is 25.1. The van der Waals surface area contributed by atoms with Crippen molar-refractivity contribution in [2.75, 3.05) is 17.3 Å². The molecule has 0 saturated heterocycles. The first-order valence-corrected chi connectivity index (χ1v) is 13.3. The highest BCUT2D eigenvalue weighted by molar-refractivity contribution is 7.27. The monoisotopic (exact) mass is 539 g/mol. The first-order chi connectivity index (χ1) is 18.7. The number of aromatic amines is 1. The van der Waals surface area contributed by atoms with Crippen molar-refractivity contribution in [3.05, 3.63) is 83.3 Å². The van der Waals surface area contributed by atoms with E-state index in [1.165, 1.54) is 11.1 Å². The van der Waals surface area contributed by atoms with Crippen LogP contribution in [0.25, 0.3) is 16.9 Å². The summed E-state index contributed by atoms with van der Waals surface area (Å²) in [5, 5.41) is 16.1. The molecule has 6 rings (SSSR count). The van der Waals surface area contributed by atoms with Crippen LogP contribution in [0.2, 0.25) is 0 Å². The average Bonchev–Trinajstić information content (AvgIpc) is 3.65. The molecule has 0 aliphatic carbocycles. The number of methoxy groups -OCH3 is 1. The second kappa shape index (κ2) is 9.50. The number of carbonyl (C=O) groups is 1. The number of anilines is 2. The molecule has 1 unspecified atom stereocenters. The van der Waals surface area contributed by atoms with E-state index in [0.29, 0.717) is 22.8 Å². The van der Waals surface area contributed by atoms with Gasteiger partial charge in [0.15, 0.2) is 11.3 Å². The summed E-state index contributed by atoms with van der Waals surface area (Å²) in [5.41, 5.74) is 6.21. The lowest BCUT2D eigenvalue weighted by atomic mass is 9.86. The van der Waals surface area contributed by atoms with Crippen molar-refractivity contribution in [2.45, 2.75) is 39.3 Å². The van der Waals surface area contributed by atoms with E-state index in [1.807, 2.05) is 30.5 Å². The van der Waals surface area contributed by atoms with Crippen LogP contribution in [0.3, 0.4) is 0 Å². The average molecular weight is 540 g/mol. The summed E-state index contributed by atoms with van der Waals surface area (Å²) < 4.78 is 7.08. The van der Waals surface area contributed by atoms with Crippen LogP contribution in [0.5, 0.6) is 5.75 Å². The van der Waals surface area contributed by atoms with Gasteiger partial charge in [0.1, 0.15) is 11.6 Å². The van der Waals surface area contributed by atoms with Gasteiger partial charge >= 0.3 is 0 Å². The highest BCUT2D eigenvalue weighted by Gasteiger charge is 2.32. The zero-order valence-corrected chi connectivity index (χ0v) is 23.5. The molecule has 3 aromatic heterocycles. The summed E-state index contributed by atoms with van der Waals surface area (Å²) in [6.07, 6.45) is 3.58. The quantitative estimate of drug-likeness (QED) is 0.314. The minimum absolute atomic E-state index is 0.306. The van der Waals surface area contributed by atoms with Gasteiger partial charge in [-0.2, -0.15) is 10.2 Å². The fourth-order valence-corrected chi connectivity index (χ4v) is 5.38. The van der Waals surface area contributed by atoms with Crippen molar-refractivity contribution in [3.8, 4) is 17.0 Å². The summed E-state index contributed by atoms with van der Waals surface area (Å²) in [4.78, 5) is 21.1. The third-order valence-electron chi connectivity index (χ3n) is 6.94. The molecule has 1 atom stereocenters. The molecule has 198 valence electrons. The number of ether oxygens (including phenoxy) is 1. The van der Waals surface area contributed by atoms with E-state index >= 15 is 0 Å². The van der Waals surface area contributed by atoms with Gasteiger partial charge in [0.25, 0.3) is 5.91 Å². The molecule has 5 aromatic rings. The minimum Gasteiger partial charge on any atom is -0.497 e. The second-order valence-electron chi connectivity index (χ2n) is 10.8. The zero-order chi connectivity index (χ0) is 27.3. The lowest BCUT2D eigenvalue weighted by Crippen LogP contribution is -2.21. The van der Waals surface area contributed by atoms with Crippen LogP contribution >= 0.6 is 9.24 Å². The molecule has 0 radical (unpaired) electrons. The Kier molecular flexibility index (Phi) is 6.11. The fraction of sp³-hybridized carbons (Fsp3) is 0.241. The lowest BCUT2D eigenvalue weighted by Gasteiger charge is -2.21. The van der Waals surface area contributed by atoms with E-state index in [1.54, 1.807) is 23.9 Å². The van der Waals surface area contributed by atoms with Gasteiger partial charge < -0.3 is 15.0 Å². The standard InChI is InChI=1S/C29H30N7O2P/c1-29(2,3)25-26(28(37)32-20-6-5-7-21(11-20)38-4)34-36-23(19-13-30-31-14-19)12-24(33-27(25)36)35-15-17-8-9-22(39)10-18(17)16-35/h5-14H,15-16,39H2,1-4H3,(H,30,31)(H,32,37). The summed E-state index contributed by atoms with van der Waals surface area (Å²) in [6, 6.07) is 15.8. The van der Waals surface area contributed by atoms with E-state index in [-0.39, 0.29) is 5.91 Å². The van der Waals surface area contributed by atoms with E-state index in [2.05, 4.69) is 68.6 Å². The van der Waals surface area contributed by atoms with Crippen LogP contribution in [0.15, 0.2) is 60.9 Å². The highest BCUT2D eigenvalue weighted by Crippen LogP contribution is 2.36. The number of hydrogen-bond donors (Lipinski definition) is 2. The van der Waals surface area contributed by atoms with Crippen molar-refractivity contribution < 1.29 is 9.53 Å². The number of fused-ring (bicyclic) bond motifs is 2. The Labute approximate surface area is 228 Å². The van der Waals surface area contributed by atoms with Crippen LogP contribution in [0.4, 0.5) is 11.5 Å². The van der Waals surface area contributed by atoms with Crippen LogP contribution in [-0.2, 0) is 18.5 Å². The summed E-state index contributed by atoms with van der Waals surface area (Å²) in [7, 11) is 4.37. The molecule has 2 N–H and O–H groups in total. The first-order valence-electron chi connectivity index (χ1n) is 12.7. The molecule has 10 heteroatoms. The Morgan fingerprint density at radius 3 is 2.67 bits per heavy atom. The Morgan fingerprint density at radius 2 is 1.92 bits per heavy atom. The predicted octanol–water partition coefficient (Wildman–Crippen LogP) is 4.70. The second-order valence-corrected chi connectivity index (χ2v) is 11.4. The SMILES string of the molecule is COc1cccc(NC(=O)c2nn3c(-c4cn[nH]c4)cc(N4Cc5ccc(P)cc5C4)nc3c2C(C)(C)C)c1. The van der Waals surface area contributed by atoms with Gasteiger partial charge in [0.2, 0.25) is 0 Å². The topological polar surface area (TPSA) is 100 Å². The van der Waals surface area contributed by atoms with Crippen LogP contribution in [0, 0.1) is 0 Å². The molecular formula is C29H30N7O2P. The van der Waals surface area contributed by atoms with E-state index < -0.39 is 5.41 Å². The van der Waals surface area contributed by atoms with Crippen molar-refractivity contribution in [2.24, 2.45) is 0 Å². The Bertz CT molecular complexity index is 1700. The molecule has 0 fully saturated rings. The number of aromatic nitrogens is 5. The van der Waals surface area contributed by atoms with Crippen molar-refractivity contribution >= 4 is 37.6 Å². The molecule has 1 aliphatic heterocycles. The number of benzene rings is 2. The molecule has 2 aromatic carbocycles. The fourth-order valence-electron chi connectivity index (χ4n) is 5.08. The van der Waals surface area contributed by atoms with Gasteiger partial charge in [-0.25, -0.2) is 9.50 Å². The molecule has 0 bridgehead atoms. The third kappa shape index (κ3) is 4.63. The van der Waals surface area contributed by atoms with E-state index in [0.717, 1.165) is 41.0 Å². The highest BCUT2D eigenvalue weighted by atomic mass is 31.0. The number of carbonyl (C=O) groups excluding carboxylic acids is 1. The molecule has 0 saturated carbocycles. The van der Waals surface area contributed by atoms with Gasteiger partial charge in [0, 0.05) is 48.2 Å². The third-order valence-corrected chi connectivity index (χ3v) is 7.30. The Balaban J connectivity index is 1.50. The maximum atomic E-state index is 13.7. The lowest BCUT2D eigenvalue weighted by molar-refractivity contribution is 0.102. The predicted molar refractivity (Wildman–Crippen MR) is 156 cm³/mol. The zero-order valence-electron chi connectivity index (χ0n) is 22.3. The van der Waals surface area contributed by atoms with Crippen LogP contribution in [-0.4, -0.2) is 37.8 Å². The summed E-state index contributed by atoms with van der Waals surface area (Å²) >= 11 is 0. The normalized spacial score (nSPS) is 13.1. The van der Waals surface area contributed by atoms with Gasteiger partial charge in [-0.05, 0) is 40.0 Å². The van der Waals surface area contributed by atoms with Crippen LogP contribution < -0.4 is 20.3 Å². The maximum Gasteiger partial charge on any atom is 0.276 e. The number of H-pyrrole nitrogens is 1. The molecule has 39 heavy (non-hydrogen) atoms. The molecule has 1 amide bonds. The van der Waals surface area contributed by atoms with Crippen molar-refractivity contribution in [1.82, 2.24) is 24.8 Å². The molecule has 1 aliphatic rings. The van der Waals surface area contributed by atoms with Gasteiger partial charge in [0.05, 0.1) is 19.0 Å². The van der Waals surface area contributed by atoms with Gasteiger partial charge in [-0.3, -0.25) is 9.89 Å². The number of nitrogens with one attached hydrogen (secondary N) is 2. The maximum absolute atomic E-state index is 13.7. The molecule has 4 heterocycles. The minimum atomic E-state index is -0.412.